The summed E-state index contributed by atoms with van der Waals surface area (Å²) in [4.78, 5) is 13.1. The molecule has 0 aromatic carbocycles. The van der Waals surface area contributed by atoms with Crippen molar-refractivity contribution in [1.29, 1.82) is 0 Å². The SMILES string of the molecule is CC(C)N1CC(CCC(=O)O)NCC(C)(C)C1. The normalized spacial score (nSPS) is 25.8. The molecule has 1 aliphatic heterocycles. The van der Waals surface area contributed by atoms with Crippen molar-refractivity contribution in [2.75, 3.05) is 19.6 Å². The number of nitrogens with one attached hydrogen (secondary N) is 1. The van der Waals surface area contributed by atoms with Gasteiger partial charge in [0.25, 0.3) is 0 Å². The fourth-order valence-corrected chi connectivity index (χ4v) is 2.32. The van der Waals surface area contributed by atoms with Crippen LogP contribution in [0.5, 0.6) is 0 Å². The van der Waals surface area contributed by atoms with Crippen LogP contribution in [0.4, 0.5) is 0 Å². The quantitative estimate of drug-likeness (QED) is 0.785. The minimum Gasteiger partial charge on any atom is -0.481 e. The van der Waals surface area contributed by atoms with Crippen LogP contribution in [0.1, 0.15) is 40.5 Å². The molecule has 1 heterocycles. The number of rotatable bonds is 4. The summed E-state index contributed by atoms with van der Waals surface area (Å²) in [5, 5.41) is 12.3. The standard InChI is InChI=1S/C13H26N2O2/c1-10(2)15-7-11(5-6-12(16)17)14-8-13(3,4)9-15/h10-11,14H,5-9H2,1-4H3,(H,16,17). The summed E-state index contributed by atoms with van der Waals surface area (Å²) in [5.41, 5.74) is 0.252. The molecule has 1 unspecified atom stereocenters. The van der Waals surface area contributed by atoms with E-state index < -0.39 is 5.97 Å². The molecule has 0 amide bonds. The maximum atomic E-state index is 10.6. The molecule has 1 saturated heterocycles. The van der Waals surface area contributed by atoms with Crippen LogP contribution in [0.15, 0.2) is 0 Å². The maximum absolute atomic E-state index is 10.6. The van der Waals surface area contributed by atoms with E-state index in [4.69, 9.17) is 5.11 Å². The lowest BCUT2D eigenvalue weighted by atomic mass is 9.93. The van der Waals surface area contributed by atoms with E-state index in [1.54, 1.807) is 0 Å². The van der Waals surface area contributed by atoms with Crippen molar-refractivity contribution < 1.29 is 9.90 Å². The Morgan fingerprint density at radius 1 is 1.53 bits per heavy atom. The second kappa shape index (κ2) is 5.83. The van der Waals surface area contributed by atoms with Gasteiger partial charge in [-0.2, -0.15) is 0 Å². The highest BCUT2D eigenvalue weighted by Crippen LogP contribution is 2.21. The van der Waals surface area contributed by atoms with Crippen molar-refractivity contribution in [3.05, 3.63) is 0 Å². The van der Waals surface area contributed by atoms with Crippen LogP contribution in [0.25, 0.3) is 0 Å². The number of aliphatic carboxylic acids is 1. The van der Waals surface area contributed by atoms with Gasteiger partial charge >= 0.3 is 5.97 Å². The zero-order chi connectivity index (χ0) is 13.1. The predicted molar refractivity (Wildman–Crippen MR) is 69.2 cm³/mol. The Bertz CT molecular complexity index is 264. The largest absolute Gasteiger partial charge is 0.481 e. The smallest absolute Gasteiger partial charge is 0.303 e. The van der Waals surface area contributed by atoms with Gasteiger partial charge < -0.3 is 10.4 Å². The number of carboxylic acid groups (broad SMARTS) is 1. The molecule has 0 spiro atoms. The molecule has 0 saturated carbocycles. The third-order valence-corrected chi connectivity index (χ3v) is 3.39. The third-order valence-electron chi connectivity index (χ3n) is 3.39. The van der Waals surface area contributed by atoms with E-state index >= 15 is 0 Å². The number of carboxylic acids is 1. The molecular formula is C13H26N2O2. The molecule has 0 aromatic heterocycles. The van der Waals surface area contributed by atoms with Crippen LogP contribution in [-0.4, -0.2) is 47.7 Å². The first-order valence-electron chi connectivity index (χ1n) is 6.49. The zero-order valence-electron chi connectivity index (χ0n) is 11.5. The Kier molecular flexibility index (Phi) is 4.95. The Hall–Kier alpha value is -0.610. The fourth-order valence-electron chi connectivity index (χ4n) is 2.32. The lowest BCUT2D eigenvalue weighted by Gasteiger charge is -2.32. The molecule has 0 radical (unpaired) electrons. The van der Waals surface area contributed by atoms with E-state index in [-0.39, 0.29) is 11.8 Å². The van der Waals surface area contributed by atoms with Gasteiger partial charge in [0.2, 0.25) is 0 Å². The van der Waals surface area contributed by atoms with Gasteiger partial charge in [-0.25, -0.2) is 0 Å². The van der Waals surface area contributed by atoms with Gasteiger partial charge in [-0.15, -0.1) is 0 Å². The van der Waals surface area contributed by atoms with Crippen molar-refractivity contribution in [3.8, 4) is 0 Å². The van der Waals surface area contributed by atoms with E-state index in [0.29, 0.717) is 18.5 Å². The van der Waals surface area contributed by atoms with Gasteiger partial charge in [-0.05, 0) is 25.7 Å². The minimum atomic E-state index is -0.702. The first-order valence-corrected chi connectivity index (χ1v) is 6.49. The average molecular weight is 242 g/mol. The van der Waals surface area contributed by atoms with Gasteiger partial charge in [-0.3, -0.25) is 9.69 Å². The Morgan fingerprint density at radius 3 is 2.71 bits per heavy atom. The number of nitrogens with zero attached hydrogens (tertiary/aromatic N) is 1. The van der Waals surface area contributed by atoms with Crippen molar-refractivity contribution in [2.24, 2.45) is 5.41 Å². The topological polar surface area (TPSA) is 52.6 Å². The summed E-state index contributed by atoms with van der Waals surface area (Å²) in [5.74, 6) is -0.702. The molecule has 0 aromatic rings. The molecule has 2 N–H and O–H groups in total. The molecule has 1 atom stereocenters. The molecule has 0 bridgehead atoms. The van der Waals surface area contributed by atoms with E-state index in [2.05, 4.69) is 37.9 Å². The maximum Gasteiger partial charge on any atom is 0.303 e. The van der Waals surface area contributed by atoms with Gasteiger partial charge in [0, 0.05) is 38.1 Å². The minimum absolute atomic E-state index is 0.252. The van der Waals surface area contributed by atoms with E-state index in [0.717, 1.165) is 19.6 Å². The van der Waals surface area contributed by atoms with Gasteiger partial charge in [0.1, 0.15) is 0 Å². The van der Waals surface area contributed by atoms with Gasteiger partial charge in [0.15, 0.2) is 0 Å². The summed E-state index contributed by atoms with van der Waals surface area (Å²) >= 11 is 0. The van der Waals surface area contributed by atoms with E-state index in [9.17, 15) is 4.79 Å². The first kappa shape index (κ1) is 14.5. The lowest BCUT2D eigenvalue weighted by molar-refractivity contribution is -0.137. The van der Waals surface area contributed by atoms with Crippen LogP contribution < -0.4 is 5.32 Å². The Labute approximate surface area is 104 Å². The van der Waals surface area contributed by atoms with Crippen LogP contribution >= 0.6 is 0 Å². The molecule has 1 rings (SSSR count). The summed E-state index contributed by atoms with van der Waals surface area (Å²) < 4.78 is 0. The molecular weight excluding hydrogens is 216 g/mol. The second-order valence-electron chi connectivity index (χ2n) is 6.20. The summed E-state index contributed by atoms with van der Waals surface area (Å²) in [7, 11) is 0. The molecule has 0 aliphatic carbocycles. The monoisotopic (exact) mass is 242 g/mol. The average Bonchev–Trinajstić information content (AvgIpc) is 2.34. The highest BCUT2D eigenvalue weighted by atomic mass is 16.4. The first-order chi connectivity index (χ1) is 7.80. The summed E-state index contributed by atoms with van der Waals surface area (Å²) in [6.07, 6.45) is 0.971. The van der Waals surface area contributed by atoms with Crippen LogP contribution in [-0.2, 0) is 4.79 Å². The van der Waals surface area contributed by atoms with E-state index in [1.165, 1.54) is 0 Å². The highest BCUT2D eigenvalue weighted by Gasteiger charge is 2.29. The van der Waals surface area contributed by atoms with Crippen molar-refractivity contribution in [3.63, 3.8) is 0 Å². The third kappa shape index (κ3) is 5.04. The molecule has 4 nitrogen and oxygen atoms in total. The summed E-state index contributed by atoms with van der Waals surface area (Å²) in [6, 6.07) is 0.816. The zero-order valence-corrected chi connectivity index (χ0v) is 11.5. The molecule has 17 heavy (non-hydrogen) atoms. The molecule has 1 aliphatic rings. The van der Waals surface area contributed by atoms with Gasteiger partial charge in [0.05, 0.1) is 0 Å². The number of hydrogen-bond acceptors (Lipinski definition) is 3. The lowest BCUT2D eigenvalue weighted by Crippen LogP contribution is -2.41. The van der Waals surface area contributed by atoms with Crippen LogP contribution in [0.3, 0.4) is 0 Å². The van der Waals surface area contributed by atoms with Crippen LogP contribution in [0.2, 0.25) is 0 Å². The number of hydrogen-bond donors (Lipinski definition) is 2. The Morgan fingerprint density at radius 2 is 2.18 bits per heavy atom. The van der Waals surface area contributed by atoms with Crippen molar-refractivity contribution >= 4 is 5.97 Å². The molecule has 1 fully saturated rings. The van der Waals surface area contributed by atoms with E-state index in [1.807, 2.05) is 0 Å². The van der Waals surface area contributed by atoms with Crippen LogP contribution in [0, 0.1) is 5.41 Å². The molecule has 100 valence electrons. The molecule has 4 heteroatoms. The fraction of sp³-hybridized carbons (Fsp3) is 0.923. The predicted octanol–water partition coefficient (Wildman–Crippen LogP) is 1.56. The summed E-state index contributed by atoms with van der Waals surface area (Å²) in [6.45, 7) is 11.9. The highest BCUT2D eigenvalue weighted by molar-refractivity contribution is 5.66. The van der Waals surface area contributed by atoms with Crippen molar-refractivity contribution in [1.82, 2.24) is 10.2 Å². The number of carbonyl (C=O) groups is 1. The Balaban J connectivity index is 2.59. The van der Waals surface area contributed by atoms with Crippen molar-refractivity contribution in [2.45, 2.75) is 52.6 Å². The second-order valence-corrected chi connectivity index (χ2v) is 6.20. The van der Waals surface area contributed by atoms with Gasteiger partial charge in [-0.1, -0.05) is 13.8 Å².